The molecule has 7 heteroatoms. The number of halogens is 2. The number of carboxylic acids is 1. The second kappa shape index (κ2) is 5.32. The summed E-state index contributed by atoms with van der Waals surface area (Å²) in [4.78, 5) is 14.2. The average Bonchev–Trinajstić information content (AvgIpc) is 2.26. The third kappa shape index (κ3) is 2.95. The quantitative estimate of drug-likeness (QED) is 0.818. The molecule has 0 fully saturated rings. The van der Waals surface area contributed by atoms with E-state index in [2.05, 4.69) is 4.98 Å². The number of nitrogens with two attached hydrogens (primary N) is 1. The van der Waals surface area contributed by atoms with Gasteiger partial charge in [-0.2, -0.15) is 5.26 Å². The molecule has 90 valence electrons. The highest BCUT2D eigenvalue weighted by atomic mass is 19.3. The van der Waals surface area contributed by atoms with Gasteiger partial charge in [0.25, 0.3) is 6.43 Å². The Bertz CT molecular complexity index is 483. The van der Waals surface area contributed by atoms with E-state index in [9.17, 15) is 13.6 Å². The summed E-state index contributed by atoms with van der Waals surface area (Å²) in [5.74, 6) is -1.21. The standard InChI is InChI=1S/C10H9F2N3O2/c11-10(12)6-1-5(2-9(16)17)15-8(4-14)7(6)3-13/h1,10H,2-3,13H2,(H,16,17). The molecule has 0 amide bonds. The first-order valence-corrected chi connectivity index (χ1v) is 4.62. The van der Waals surface area contributed by atoms with Gasteiger partial charge in [0.15, 0.2) is 0 Å². The molecule has 0 atom stereocenters. The fourth-order valence-corrected chi connectivity index (χ4v) is 1.39. The number of hydrogen-bond donors (Lipinski definition) is 2. The second-order valence-corrected chi connectivity index (χ2v) is 3.22. The van der Waals surface area contributed by atoms with Gasteiger partial charge >= 0.3 is 5.97 Å². The molecule has 5 nitrogen and oxygen atoms in total. The summed E-state index contributed by atoms with van der Waals surface area (Å²) in [6, 6.07) is 2.61. The minimum atomic E-state index is -2.82. The lowest BCUT2D eigenvalue weighted by atomic mass is 10.0. The molecule has 0 aliphatic rings. The molecule has 3 N–H and O–H groups in total. The van der Waals surface area contributed by atoms with Crippen LogP contribution >= 0.6 is 0 Å². The summed E-state index contributed by atoms with van der Waals surface area (Å²) in [5.41, 5.74) is 4.47. The Balaban J connectivity index is 3.36. The summed E-state index contributed by atoms with van der Waals surface area (Å²) in [6.07, 6.45) is -3.34. The van der Waals surface area contributed by atoms with Crippen LogP contribution in [0, 0.1) is 11.3 Å². The van der Waals surface area contributed by atoms with Gasteiger partial charge in [-0.15, -0.1) is 0 Å². The molecule has 1 heterocycles. The van der Waals surface area contributed by atoms with E-state index in [1.54, 1.807) is 6.07 Å². The Morgan fingerprint density at radius 2 is 2.29 bits per heavy atom. The Kier molecular flexibility index (Phi) is 4.06. The topological polar surface area (TPSA) is 100 Å². The predicted octanol–water partition coefficient (Wildman–Crippen LogP) is 0.977. The fourth-order valence-electron chi connectivity index (χ4n) is 1.39. The van der Waals surface area contributed by atoms with Crippen LogP contribution in [0.3, 0.4) is 0 Å². The highest BCUT2D eigenvalue weighted by molar-refractivity contribution is 5.69. The van der Waals surface area contributed by atoms with Crippen LogP contribution in [0.1, 0.15) is 28.9 Å². The average molecular weight is 241 g/mol. The summed E-state index contributed by atoms with van der Waals surface area (Å²) >= 11 is 0. The minimum Gasteiger partial charge on any atom is -0.481 e. The second-order valence-electron chi connectivity index (χ2n) is 3.22. The van der Waals surface area contributed by atoms with Gasteiger partial charge in [0.2, 0.25) is 0 Å². The van der Waals surface area contributed by atoms with Crippen LogP contribution in [0.15, 0.2) is 6.07 Å². The molecule has 1 aromatic heterocycles. The van der Waals surface area contributed by atoms with E-state index in [0.29, 0.717) is 0 Å². The van der Waals surface area contributed by atoms with Crippen molar-refractivity contribution in [3.8, 4) is 6.07 Å². The summed E-state index contributed by atoms with van der Waals surface area (Å²) < 4.78 is 25.4. The number of rotatable bonds is 4. The first kappa shape index (κ1) is 13.0. The van der Waals surface area contributed by atoms with Crippen LogP contribution in [0.25, 0.3) is 0 Å². The molecular weight excluding hydrogens is 232 g/mol. The van der Waals surface area contributed by atoms with Crippen molar-refractivity contribution in [2.45, 2.75) is 19.4 Å². The van der Waals surface area contributed by atoms with Crippen molar-refractivity contribution in [1.82, 2.24) is 4.98 Å². The van der Waals surface area contributed by atoms with Crippen molar-refractivity contribution < 1.29 is 18.7 Å². The Hall–Kier alpha value is -2.07. The van der Waals surface area contributed by atoms with Crippen LogP contribution in [-0.2, 0) is 17.8 Å². The van der Waals surface area contributed by atoms with Crippen molar-refractivity contribution in [3.63, 3.8) is 0 Å². The molecule has 0 bridgehead atoms. The van der Waals surface area contributed by atoms with Gasteiger partial charge in [-0.25, -0.2) is 13.8 Å². The van der Waals surface area contributed by atoms with Gasteiger partial charge in [-0.1, -0.05) is 0 Å². The third-order valence-electron chi connectivity index (χ3n) is 2.09. The van der Waals surface area contributed by atoms with Gasteiger partial charge in [0.1, 0.15) is 11.8 Å². The van der Waals surface area contributed by atoms with Gasteiger partial charge in [0, 0.05) is 17.7 Å². The van der Waals surface area contributed by atoms with Crippen LogP contribution in [0.2, 0.25) is 0 Å². The first-order chi connectivity index (χ1) is 7.99. The lowest BCUT2D eigenvalue weighted by molar-refractivity contribution is -0.136. The van der Waals surface area contributed by atoms with Crippen LogP contribution in [0.4, 0.5) is 8.78 Å². The Morgan fingerprint density at radius 3 is 2.71 bits per heavy atom. The number of hydrogen-bond acceptors (Lipinski definition) is 4. The Morgan fingerprint density at radius 1 is 1.65 bits per heavy atom. The number of nitrogens with zero attached hydrogens (tertiary/aromatic N) is 2. The lowest BCUT2D eigenvalue weighted by Gasteiger charge is -2.10. The van der Waals surface area contributed by atoms with Crippen molar-refractivity contribution >= 4 is 5.97 Å². The molecule has 0 spiro atoms. The molecular formula is C10H9F2N3O2. The van der Waals surface area contributed by atoms with E-state index in [1.165, 1.54) is 0 Å². The lowest BCUT2D eigenvalue weighted by Crippen LogP contribution is -2.11. The number of carbonyl (C=O) groups is 1. The largest absolute Gasteiger partial charge is 0.481 e. The fraction of sp³-hybridized carbons (Fsp3) is 0.300. The highest BCUT2D eigenvalue weighted by Gasteiger charge is 2.19. The molecule has 0 aliphatic carbocycles. The number of aliphatic carboxylic acids is 1. The molecule has 0 saturated heterocycles. The van der Waals surface area contributed by atoms with Gasteiger partial charge < -0.3 is 10.8 Å². The maximum atomic E-state index is 12.7. The first-order valence-electron chi connectivity index (χ1n) is 4.62. The predicted molar refractivity (Wildman–Crippen MR) is 53.1 cm³/mol. The summed E-state index contributed by atoms with van der Waals surface area (Å²) in [6.45, 7) is -0.247. The normalized spacial score (nSPS) is 10.3. The molecule has 1 rings (SSSR count). The Labute approximate surface area is 95.5 Å². The number of carboxylic acid groups (broad SMARTS) is 1. The maximum Gasteiger partial charge on any atom is 0.309 e. The van der Waals surface area contributed by atoms with Crippen LogP contribution in [0.5, 0.6) is 0 Å². The van der Waals surface area contributed by atoms with Gasteiger partial charge in [-0.3, -0.25) is 4.79 Å². The molecule has 1 aromatic rings. The van der Waals surface area contributed by atoms with Crippen molar-refractivity contribution in [3.05, 3.63) is 28.6 Å². The maximum absolute atomic E-state index is 12.7. The molecule has 0 saturated carbocycles. The third-order valence-corrected chi connectivity index (χ3v) is 2.09. The molecule has 0 radical (unpaired) electrons. The van der Waals surface area contributed by atoms with Crippen molar-refractivity contribution in [1.29, 1.82) is 5.26 Å². The zero-order chi connectivity index (χ0) is 13.0. The van der Waals surface area contributed by atoms with E-state index in [1.807, 2.05) is 0 Å². The van der Waals surface area contributed by atoms with Crippen molar-refractivity contribution in [2.24, 2.45) is 5.73 Å². The van der Waals surface area contributed by atoms with E-state index >= 15 is 0 Å². The SMILES string of the molecule is N#Cc1nc(CC(=O)O)cc(C(F)F)c1CN. The van der Waals surface area contributed by atoms with Crippen LogP contribution < -0.4 is 5.73 Å². The smallest absolute Gasteiger partial charge is 0.309 e. The zero-order valence-electron chi connectivity index (χ0n) is 8.65. The summed E-state index contributed by atoms with van der Waals surface area (Å²) in [7, 11) is 0. The number of alkyl halides is 2. The minimum absolute atomic E-state index is 0.0448. The highest BCUT2D eigenvalue weighted by Crippen LogP contribution is 2.25. The van der Waals surface area contributed by atoms with Gasteiger partial charge in [-0.05, 0) is 6.07 Å². The monoisotopic (exact) mass is 241 g/mol. The van der Waals surface area contributed by atoms with E-state index in [0.717, 1.165) is 6.07 Å². The molecule has 17 heavy (non-hydrogen) atoms. The molecule has 0 unspecified atom stereocenters. The summed E-state index contributed by atoms with van der Waals surface area (Å²) in [5, 5.41) is 17.3. The van der Waals surface area contributed by atoms with Crippen molar-refractivity contribution in [2.75, 3.05) is 0 Å². The van der Waals surface area contributed by atoms with Crippen LogP contribution in [-0.4, -0.2) is 16.1 Å². The van der Waals surface area contributed by atoms with E-state index in [-0.39, 0.29) is 23.5 Å². The molecule has 0 aromatic carbocycles. The van der Waals surface area contributed by atoms with Gasteiger partial charge in [0.05, 0.1) is 12.1 Å². The molecule has 0 aliphatic heterocycles. The number of aromatic nitrogens is 1. The van der Waals surface area contributed by atoms with E-state index < -0.39 is 24.4 Å². The number of nitriles is 1. The zero-order valence-corrected chi connectivity index (χ0v) is 8.65. The van der Waals surface area contributed by atoms with E-state index in [4.69, 9.17) is 16.1 Å². The number of pyridine rings is 1.